The molecule has 0 aromatic heterocycles. The van der Waals surface area contributed by atoms with Crippen molar-refractivity contribution in [2.75, 3.05) is 26.7 Å². The molecule has 1 saturated heterocycles. The van der Waals surface area contributed by atoms with Crippen LogP contribution < -0.4 is 10.6 Å². The average Bonchev–Trinajstić information content (AvgIpc) is 2.66. The first-order valence-corrected chi connectivity index (χ1v) is 9.87. The second-order valence-corrected chi connectivity index (χ2v) is 7.41. The Balaban J connectivity index is 0.00000364. The summed E-state index contributed by atoms with van der Waals surface area (Å²) in [5.41, 5.74) is 1.35. The van der Waals surface area contributed by atoms with Gasteiger partial charge in [-0.1, -0.05) is 37.3 Å². The minimum Gasteiger partial charge on any atom is -0.356 e. The van der Waals surface area contributed by atoms with E-state index in [9.17, 15) is 4.79 Å². The summed E-state index contributed by atoms with van der Waals surface area (Å²) in [6.07, 6.45) is 4.96. The lowest BCUT2D eigenvalue weighted by Crippen LogP contribution is -2.44. The fourth-order valence-corrected chi connectivity index (χ4v) is 3.39. The van der Waals surface area contributed by atoms with Crippen molar-refractivity contribution in [2.24, 2.45) is 10.9 Å². The Labute approximate surface area is 181 Å². The maximum Gasteiger partial charge on any atom is 0.224 e. The highest BCUT2D eigenvalue weighted by Crippen LogP contribution is 2.15. The molecule has 2 atom stereocenters. The predicted octanol–water partition coefficient (Wildman–Crippen LogP) is 3.44. The summed E-state index contributed by atoms with van der Waals surface area (Å²) in [4.78, 5) is 18.6. The van der Waals surface area contributed by atoms with Crippen LogP contribution in [0.1, 0.15) is 45.1 Å². The van der Waals surface area contributed by atoms with Gasteiger partial charge in [0.05, 0.1) is 0 Å². The number of rotatable bonds is 7. The molecule has 0 saturated carbocycles. The molecule has 1 fully saturated rings. The molecule has 27 heavy (non-hydrogen) atoms. The number of carbonyl (C=O) groups is 1. The van der Waals surface area contributed by atoms with E-state index in [1.807, 2.05) is 11.0 Å². The third-order valence-electron chi connectivity index (χ3n) is 4.96. The van der Waals surface area contributed by atoms with Gasteiger partial charge in [-0.25, -0.2) is 0 Å². The number of aliphatic imine (C=N–C) groups is 1. The third-order valence-corrected chi connectivity index (χ3v) is 4.96. The Morgan fingerprint density at radius 1 is 1.33 bits per heavy atom. The van der Waals surface area contributed by atoms with Gasteiger partial charge in [0, 0.05) is 39.1 Å². The summed E-state index contributed by atoms with van der Waals surface area (Å²) in [5, 5.41) is 6.68. The number of hydrogen-bond donors (Lipinski definition) is 2. The summed E-state index contributed by atoms with van der Waals surface area (Å²) in [7, 11) is 1.77. The molecule has 2 N–H and O–H groups in total. The van der Waals surface area contributed by atoms with E-state index in [0.717, 1.165) is 38.3 Å². The zero-order valence-electron chi connectivity index (χ0n) is 16.9. The van der Waals surface area contributed by atoms with Crippen molar-refractivity contribution in [1.29, 1.82) is 0 Å². The smallest absolute Gasteiger partial charge is 0.224 e. The standard InChI is InChI=1S/C21H34N4O.HI/c1-17-8-7-15-25(16-17)20(26)13-14-23-21(22-3)24-18(2)11-12-19-9-5-4-6-10-19;/h4-6,9-10,17-18H,7-8,11-16H2,1-3H3,(H2,22,23,24);1H. The predicted molar refractivity (Wildman–Crippen MR) is 124 cm³/mol. The number of aryl methyl sites for hydroxylation is 1. The van der Waals surface area contributed by atoms with Gasteiger partial charge in [0.2, 0.25) is 5.91 Å². The van der Waals surface area contributed by atoms with Crippen LogP contribution >= 0.6 is 24.0 Å². The van der Waals surface area contributed by atoms with Crippen molar-refractivity contribution in [3.8, 4) is 0 Å². The van der Waals surface area contributed by atoms with E-state index in [4.69, 9.17) is 0 Å². The molecule has 1 heterocycles. The second kappa shape index (κ2) is 13.0. The Kier molecular flexibility index (Phi) is 11.4. The van der Waals surface area contributed by atoms with E-state index in [0.29, 0.717) is 24.9 Å². The van der Waals surface area contributed by atoms with Gasteiger partial charge >= 0.3 is 0 Å². The number of nitrogens with one attached hydrogen (secondary N) is 2. The number of amides is 1. The van der Waals surface area contributed by atoms with E-state index in [2.05, 4.69) is 53.7 Å². The van der Waals surface area contributed by atoms with E-state index in [1.54, 1.807) is 7.05 Å². The lowest BCUT2D eigenvalue weighted by molar-refractivity contribution is -0.132. The first-order chi connectivity index (χ1) is 12.6. The zero-order valence-corrected chi connectivity index (χ0v) is 19.2. The summed E-state index contributed by atoms with van der Waals surface area (Å²) >= 11 is 0. The van der Waals surface area contributed by atoms with Crippen LogP contribution in [0.15, 0.2) is 35.3 Å². The number of piperidine rings is 1. The van der Waals surface area contributed by atoms with Crippen molar-refractivity contribution in [3.05, 3.63) is 35.9 Å². The molecular weight excluding hydrogens is 451 g/mol. The lowest BCUT2D eigenvalue weighted by Gasteiger charge is -2.31. The number of hydrogen-bond acceptors (Lipinski definition) is 2. The third kappa shape index (κ3) is 8.95. The van der Waals surface area contributed by atoms with Crippen LogP contribution in [0.25, 0.3) is 0 Å². The normalized spacial score (nSPS) is 18.4. The number of nitrogens with zero attached hydrogens (tertiary/aromatic N) is 2. The van der Waals surface area contributed by atoms with Gasteiger partial charge in [-0.2, -0.15) is 0 Å². The lowest BCUT2D eigenvalue weighted by atomic mass is 10.00. The minimum atomic E-state index is 0. The molecule has 5 nitrogen and oxygen atoms in total. The number of carbonyl (C=O) groups excluding carboxylic acids is 1. The van der Waals surface area contributed by atoms with Gasteiger partial charge < -0.3 is 15.5 Å². The molecule has 0 bridgehead atoms. The fourth-order valence-electron chi connectivity index (χ4n) is 3.39. The minimum absolute atomic E-state index is 0. The van der Waals surface area contributed by atoms with Gasteiger partial charge in [-0.3, -0.25) is 9.79 Å². The molecule has 1 aliphatic rings. The van der Waals surface area contributed by atoms with Crippen LogP contribution in [-0.2, 0) is 11.2 Å². The van der Waals surface area contributed by atoms with Gasteiger partial charge in [0.25, 0.3) is 0 Å². The number of guanidine groups is 1. The molecular formula is C21H35IN4O. The van der Waals surface area contributed by atoms with Crippen molar-refractivity contribution in [2.45, 2.75) is 52.0 Å². The van der Waals surface area contributed by atoms with Gasteiger partial charge in [0.1, 0.15) is 0 Å². The Morgan fingerprint density at radius 3 is 2.74 bits per heavy atom. The quantitative estimate of drug-likeness (QED) is 0.353. The molecule has 1 aromatic carbocycles. The number of halogens is 1. The topological polar surface area (TPSA) is 56.7 Å². The Morgan fingerprint density at radius 2 is 2.07 bits per heavy atom. The Bertz CT molecular complexity index is 579. The zero-order chi connectivity index (χ0) is 18.8. The van der Waals surface area contributed by atoms with Crippen molar-refractivity contribution in [3.63, 3.8) is 0 Å². The van der Waals surface area contributed by atoms with E-state index in [1.165, 1.54) is 12.0 Å². The van der Waals surface area contributed by atoms with Gasteiger partial charge in [0.15, 0.2) is 5.96 Å². The van der Waals surface area contributed by atoms with Crippen molar-refractivity contribution in [1.82, 2.24) is 15.5 Å². The van der Waals surface area contributed by atoms with Crippen LogP contribution in [0.3, 0.4) is 0 Å². The molecule has 1 aliphatic heterocycles. The molecule has 1 aromatic rings. The fraction of sp³-hybridized carbons (Fsp3) is 0.619. The molecule has 152 valence electrons. The van der Waals surface area contributed by atoms with Crippen molar-refractivity contribution < 1.29 is 4.79 Å². The molecule has 6 heteroatoms. The molecule has 0 spiro atoms. The summed E-state index contributed by atoms with van der Waals surface area (Å²) < 4.78 is 0. The summed E-state index contributed by atoms with van der Waals surface area (Å²) in [6, 6.07) is 10.8. The SMILES string of the molecule is CN=C(NCCC(=O)N1CCCC(C)C1)NC(C)CCc1ccccc1.I. The van der Waals surface area contributed by atoms with Crippen LogP contribution in [0.2, 0.25) is 0 Å². The molecule has 2 rings (SSSR count). The first kappa shape index (κ1) is 23.7. The first-order valence-electron chi connectivity index (χ1n) is 9.87. The maximum absolute atomic E-state index is 12.3. The monoisotopic (exact) mass is 486 g/mol. The van der Waals surface area contributed by atoms with Crippen LogP contribution in [0, 0.1) is 5.92 Å². The second-order valence-electron chi connectivity index (χ2n) is 7.41. The summed E-state index contributed by atoms with van der Waals surface area (Å²) in [6.45, 7) is 6.82. The number of likely N-dealkylation sites (tertiary alicyclic amines) is 1. The van der Waals surface area contributed by atoms with Gasteiger partial charge in [-0.05, 0) is 44.1 Å². The van der Waals surface area contributed by atoms with Crippen LogP contribution in [-0.4, -0.2) is 49.5 Å². The highest BCUT2D eigenvalue weighted by atomic mass is 127. The van der Waals surface area contributed by atoms with E-state index >= 15 is 0 Å². The highest BCUT2D eigenvalue weighted by Gasteiger charge is 2.20. The van der Waals surface area contributed by atoms with E-state index < -0.39 is 0 Å². The van der Waals surface area contributed by atoms with Gasteiger partial charge in [-0.15, -0.1) is 24.0 Å². The molecule has 2 unspecified atom stereocenters. The van der Waals surface area contributed by atoms with Crippen LogP contribution in [0.4, 0.5) is 0 Å². The van der Waals surface area contributed by atoms with E-state index in [-0.39, 0.29) is 29.9 Å². The van der Waals surface area contributed by atoms with Crippen LogP contribution in [0.5, 0.6) is 0 Å². The molecule has 0 aliphatic carbocycles. The largest absolute Gasteiger partial charge is 0.356 e. The molecule has 1 amide bonds. The molecule has 0 radical (unpaired) electrons. The number of benzene rings is 1. The van der Waals surface area contributed by atoms with Crippen molar-refractivity contribution >= 4 is 35.8 Å². The Hall–Kier alpha value is -1.31. The highest BCUT2D eigenvalue weighted by molar-refractivity contribution is 14.0. The summed E-state index contributed by atoms with van der Waals surface area (Å²) in [5.74, 6) is 1.64. The average molecular weight is 486 g/mol. The maximum atomic E-state index is 12.3.